The Morgan fingerprint density at radius 3 is 1.48 bits per heavy atom. The standard InChI is InChI=1S/C61H37NO2/c1-2-14-38(15-3-1)39-28-32-41(33-29-39)62(42-34-30-40(31-35-42)43-20-12-21-46-44-16-6-10-26-55(44)63-59(43)46)54-25-13-24-52-57(54)48-18-4-8-22-50(48)61(52)51-23-9-5-19-49(51)58-53(61)37-36-47-45-17-7-11-27-56(45)64-60(47)58/h1-37H. The topological polar surface area (TPSA) is 29.5 Å². The van der Waals surface area contributed by atoms with Gasteiger partial charge in [0.2, 0.25) is 0 Å². The molecule has 3 nitrogen and oxygen atoms in total. The Bertz CT molecular complexity index is 3840. The van der Waals surface area contributed by atoms with Crippen LogP contribution in [0.25, 0.3) is 88.4 Å². The van der Waals surface area contributed by atoms with E-state index < -0.39 is 5.41 Å². The second kappa shape index (κ2) is 13.3. The number of hydrogen-bond donors (Lipinski definition) is 0. The van der Waals surface area contributed by atoms with Crippen LogP contribution in [0, 0.1) is 0 Å². The lowest BCUT2D eigenvalue weighted by atomic mass is 9.70. The van der Waals surface area contributed by atoms with Crippen molar-refractivity contribution in [2.75, 3.05) is 4.90 Å². The number of hydrogen-bond acceptors (Lipinski definition) is 3. The molecule has 0 bridgehead atoms. The number of para-hydroxylation sites is 3. The van der Waals surface area contributed by atoms with Crippen molar-refractivity contribution in [3.05, 3.63) is 247 Å². The van der Waals surface area contributed by atoms with Gasteiger partial charge in [-0.3, -0.25) is 0 Å². The maximum atomic E-state index is 6.82. The van der Waals surface area contributed by atoms with Crippen molar-refractivity contribution in [2.45, 2.75) is 5.41 Å². The Hall–Kier alpha value is -8.40. The third-order valence-corrected chi connectivity index (χ3v) is 13.9. The summed E-state index contributed by atoms with van der Waals surface area (Å²) in [6.07, 6.45) is 0. The second-order valence-electron chi connectivity index (χ2n) is 17.1. The van der Waals surface area contributed by atoms with E-state index >= 15 is 0 Å². The van der Waals surface area contributed by atoms with Crippen LogP contribution in [0.3, 0.4) is 0 Å². The van der Waals surface area contributed by atoms with Gasteiger partial charge in [-0.05, 0) is 92.5 Å². The minimum absolute atomic E-state index is 0.557. The Kier molecular flexibility index (Phi) is 7.32. The Balaban J connectivity index is 0.998. The van der Waals surface area contributed by atoms with Crippen LogP contribution >= 0.6 is 0 Å². The van der Waals surface area contributed by atoms with E-state index in [0.717, 1.165) is 72.1 Å². The molecule has 3 heteroatoms. The van der Waals surface area contributed by atoms with Gasteiger partial charge in [0.25, 0.3) is 0 Å². The molecule has 14 rings (SSSR count). The highest BCUT2D eigenvalue weighted by atomic mass is 16.3. The summed E-state index contributed by atoms with van der Waals surface area (Å²) < 4.78 is 13.3. The van der Waals surface area contributed by atoms with E-state index in [-0.39, 0.29) is 0 Å². The summed E-state index contributed by atoms with van der Waals surface area (Å²) in [6.45, 7) is 0. The van der Waals surface area contributed by atoms with Gasteiger partial charge in [0.15, 0.2) is 0 Å². The maximum absolute atomic E-state index is 6.82. The highest BCUT2D eigenvalue weighted by molar-refractivity contribution is 6.14. The van der Waals surface area contributed by atoms with Crippen molar-refractivity contribution >= 4 is 60.9 Å². The lowest BCUT2D eigenvalue weighted by molar-refractivity contribution is 0.669. The molecule has 1 atom stereocenters. The first kappa shape index (κ1) is 35.2. The molecule has 10 aromatic carbocycles. The maximum Gasteiger partial charge on any atom is 0.143 e. The fourth-order valence-electron chi connectivity index (χ4n) is 11.2. The van der Waals surface area contributed by atoms with Crippen molar-refractivity contribution in [2.24, 2.45) is 0 Å². The Morgan fingerprint density at radius 1 is 0.297 bits per heavy atom. The molecule has 2 aliphatic rings. The first-order chi connectivity index (χ1) is 31.8. The van der Waals surface area contributed by atoms with Crippen molar-refractivity contribution in [3.8, 4) is 44.5 Å². The predicted molar refractivity (Wildman–Crippen MR) is 263 cm³/mol. The molecule has 0 fully saturated rings. The lowest BCUT2D eigenvalue weighted by Crippen LogP contribution is -2.26. The molecule has 0 saturated carbocycles. The van der Waals surface area contributed by atoms with E-state index in [1.165, 1.54) is 55.6 Å². The van der Waals surface area contributed by atoms with Crippen molar-refractivity contribution in [1.82, 2.24) is 0 Å². The number of benzene rings is 10. The third-order valence-electron chi connectivity index (χ3n) is 13.9. The van der Waals surface area contributed by atoms with Crippen LogP contribution in [-0.2, 0) is 5.41 Å². The Morgan fingerprint density at radius 2 is 0.781 bits per heavy atom. The van der Waals surface area contributed by atoms with E-state index in [0.29, 0.717) is 0 Å². The minimum Gasteiger partial charge on any atom is -0.455 e. The summed E-state index contributed by atoms with van der Waals surface area (Å²) in [5.41, 5.74) is 20.9. The van der Waals surface area contributed by atoms with E-state index in [2.05, 4.69) is 217 Å². The molecule has 2 heterocycles. The number of anilines is 3. The zero-order valence-corrected chi connectivity index (χ0v) is 34.6. The Labute approximate surface area is 369 Å². The molecular formula is C61H37NO2. The molecule has 64 heavy (non-hydrogen) atoms. The molecule has 1 spiro atoms. The zero-order valence-electron chi connectivity index (χ0n) is 34.6. The molecule has 0 amide bonds. The lowest BCUT2D eigenvalue weighted by Gasteiger charge is -2.32. The molecular weight excluding hydrogens is 779 g/mol. The highest BCUT2D eigenvalue weighted by Gasteiger charge is 2.53. The number of fused-ring (bicyclic) bond motifs is 17. The van der Waals surface area contributed by atoms with Gasteiger partial charge in [0.05, 0.1) is 11.1 Å². The summed E-state index contributed by atoms with van der Waals surface area (Å²) in [7, 11) is 0. The molecule has 2 aliphatic carbocycles. The summed E-state index contributed by atoms with van der Waals surface area (Å²) in [5.74, 6) is 0. The normalized spacial score (nSPS) is 14.6. The van der Waals surface area contributed by atoms with Gasteiger partial charge in [-0.15, -0.1) is 0 Å². The van der Waals surface area contributed by atoms with Gasteiger partial charge in [-0.2, -0.15) is 0 Å². The molecule has 0 radical (unpaired) electrons. The molecule has 0 saturated heterocycles. The van der Waals surface area contributed by atoms with Gasteiger partial charge in [-0.1, -0.05) is 182 Å². The van der Waals surface area contributed by atoms with Gasteiger partial charge in [0.1, 0.15) is 22.3 Å². The fraction of sp³-hybridized carbons (Fsp3) is 0.0164. The van der Waals surface area contributed by atoms with Crippen LogP contribution in [0.1, 0.15) is 22.3 Å². The first-order valence-electron chi connectivity index (χ1n) is 22.0. The predicted octanol–water partition coefficient (Wildman–Crippen LogP) is 16.6. The smallest absolute Gasteiger partial charge is 0.143 e. The summed E-state index contributed by atoms with van der Waals surface area (Å²) in [5, 5.41) is 4.54. The molecule has 12 aromatic rings. The molecule has 0 aliphatic heterocycles. The van der Waals surface area contributed by atoms with Crippen molar-refractivity contribution in [3.63, 3.8) is 0 Å². The van der Waals surface area contributed by atoms with Crippen LogP contribution in [0.15, 0.2) is 233 Å². The summed E-state index contributed by atoms with van der Waals surface area (Å²) in [6, 6.07) is 81.4. The van der Waals surface area contributed by atoms with Crippen molar-refractivity contribution < 1.29 is 8.83 Å². The average Bonchev–Trinajstić information content (AvgIpc) is 4.10. The van der Waals surface area contributed by atoms with Crippen LogP contribution in [0.2, 0.25) is 0 Å². The van der Waals surface area contributed by atoms with Crippen molar-refractivity contribution in [1.29, 1.82) is 0 Å². The monoisotopic (exact) mass is 815 g/mol. The number of rotatable bonds is 5. The summed E-state index contributed by atoms with van der Waals surface area (Å²) >= 11 is 0. The quantitative estimate of drug-likeness (QED) is 0.173. The van der Waals surface area contributed by atoms with E-state index in [1.807, 2.05) is 12.1 Å². The van der Waals surface area contributed by atoms with E-state index in [4.69, 9.17) is 8.83 Å². The molecule has 1 unspecified atom stereocenters. The van der Waals surface area contributed by atoms with E-state index in [1.54, 1.807) is 0 Å². The average molecular weight is 816 g/mol. The van der Waals surface area contributed by atoms with Gasteiger partial charge >= 0.3 is 0 Å². The first-order valence-corrected chi connectivity index (χ1v) is 22.0. The third kappa shape index (κ3) is 4.76. The summed E-state index contributed by atoms with van der Waals surface area (Å²) in [4.78, 5) is 2.44. The van der Waals surface area contributed by atoms with Crippen LogP contribution in [0.5, 0.6) is 0 Å². The van der Waals surface area contributed by atoms with Gasteiger partial charge < -0.3 is 13.7 Å². The molecule has 0 N–H and O–H groups in total. The second-order valence-corrected chi connectivity index (χ2v) is 17.1. The van der Waals surface area contributed by atoms with Crippen LogP contribution in [-0.4, -0.2) is 0 Å². The highest BCUT2D eigenvalue weighted by Crippen LogP contribution is 2.66. The SMILES string of the molecule is c1ccc(-c2ccc(N(c3ccc(-c4cccc5c4oc4ccccc45)cc3)c3cccc4c3-c3ccccc3C43c4ccccc4-c4c3ccc3c4oc4ccccc43)cc2)cc1. The van der Waals surface area contributed by atoms with Gasteiger partial charge in [0, 0.05) is 49.6 Å². The zero-order chi connectivity index (χ0) is 41.9. The fourth-order valence-corrected chi connectivity index (χ4v) is 11.2. The molecule has 298 valence electrons. The number of nitrogens with zero attached hydrogens (tertiary/aromatic N) is 1. The largest absolute Gasteiger partial charge is 0.455 e. The van der Waals surface area contributed by atoms with Crippen LogP contribution < -0.4 is 4.90 Å². The minimum atomic E-state index is -0.557. The van der Waals surface area contributed by atoms with E-state index in [9.17, 15) is 0 Å². The number of furan rings is 2. The molecule has 2 aromatic heterocycles. The van der Waals surface area contributed by atoms with Gasteiger partial charge in [-0.25, -0.2) is 0 Å². The van der Waals surface area contributed by atoms with Crippen LogP contribution in [0.4, 0.5) is 17.1 Å².